The molecule has 0 unspecified atom stereocenters. The van der Waals surface area contributed by atoms with Crippen LogP contribution in [0.5, 0.6) is 0 Å². The lowest BCUT2D eigenvalue weighted by molar-refractivity contribution is 1.24. The minimum Gasteiger partial charge on any atom is -0.255 e. The maximum absolute atomic E-state index is 4.78. The van der Waals surface area contributed by atoms with E-state index in [1.54, 1.807) is 12.4 Å². The Morgan fingerprint density at radius 3 is 1.13 bits per heavy atom. The molecule has 0 bridgehead atoms. The first-order chi connectivity index (χ1) is 14.9. The van der Waals surface area contributed by atoms with Gasteiger partial charge in [-0.15, -0.1) is 0 Å². The summed E-state index contributed by atoms with van der Waals surface area (Å²) in [6.45, 7) is 0. The van der Waals surface area contributed by atoms with Gasteiger partial charge in [0.05, 0.1) is 34.2 Å². The summed E-state index contributed by atoms with van der Waals surface area (Å²) in [5.74, 6) is 0. The summed E-state index contributed by atoms with van der Waals surface area (Å²) in [5.41, 5.74) is 7.40. The van der Waals surface area contributed by atoms with Crippen molar-refractivity contribution >= 4 is 0 Å². The molecule has 4 heteroatoms. The lowest BCUT2D eigenvalue weighted by atomic mass is 10.1. The van der Waals surface area contributed by atoms with Gasteiger partial charge in [-0.05, 0) is 48.5 Å². The Labute approximate surface area is 175 Å². The summed E-state index contributed by atoms with van der Waals surface area (Å²) < 4.78 is 0. The van der Waals surface area contributed by atoms with Crippen LogP contribution in [0.15, 0.2) is 109 Å². The highest BCUT2D eigenvalue weighted by Crippen LogP contribution is 2.26. The van der Waals surface area contributed by atoms with Gasteiger partial charge in [-0.2, -0.15) is 0 Å². The molecule has 142 valence electrons. The molecule has 1 aromatic carbocycles. The summed E-state index contributed by atoms with van der Waals surface area (Å²) in [7, 11) is 0. The predicted molar refractivity (Wildman–Crippen MR) is 119 cm³/mol. The Kier molecular flexibility index (Phi) is 4.80. The molecule has 0 aliphatic heterocycles. The second-order valence-electron chi connectivity index (χ2n) is 6.82. The van der Waals surface area contributed by atoms with Gasteiger partial charge in [-0.25, -0.2) is 9.97 Å². The second-order valence-corrected chi connectivity index (χ2v) is 6.82. The molecule has 5 rings (SSSR count). The lowest BCUT2D eigenvalue weighted by Crippen LogP contribution is -1.91. The molecule has 4 heterocycles. The third kappa shape index (κ3) is 3.71. The van der Waals surface area contributed by atoms with E-state index in [0.29, 0.717) is 0 Å². The van der Waals surface area contributed by atoms with Crippen LogP contribution < -0.4 is 0 Å². The standard InChI is InChI=1S/C26H18N4/c1-3-17-27-23(7-1)25-11-5-9-21(29-25)19-13-15-20(16-14-19)22-10-6-12-26(30-22)24-8-2-4-18-28-24/h1-18H. The molecule has 0 fully saturated rings. The fraction of sp³-hybridized carbons (Fsp3) is 0. The van der Waals surface area contributed by atoms with E-state index in [0.717, 1.165) is 45.3 Å². The molecule has 4 nitrogen and oxygen atoms in total. The van der Waals surface area contributed by atoms with Crippen molar-refractivity contribution in [3.05, 3.63) is 109 Å². The van der Waals surface area contributed by atoms with Gasteiger partial charge in [0.2, 0.25) is 0 Å². The van der Waals surface area contributed by atoms with E-state index in [4.69, 9.17) is 9.97 Å². The number of nitrogens with zero attached hydrogens (tertiary/aromatic N) is 4. The van der Waals surface area contributed by atoms with Crippen LogP contribution in [0.3, 0.4) is 0 Å². The van der Waals surface area contributed by atoms with Crippen LogP contribution in [0.1, 0.15) is 0 Å². The predicted octanol–water partition coefficient (Wildman–Crippen LogP) is 5.93. The molecular weight excluding hydrogens is 368 g/mol. The van der Waals surface area contributed by atoms with Gasteiger partial charge in [0.25, 0.3) is 0 Å². The van der Waals surface area contributed by atoms with E-state index < -0.39 is 0 Å². The van der Waals surface area contributed by atoms with Crippen molar-refractivity contribution in [3.8, 4) is 45.3 Å². The summed E-state index contributed by atoms with van der Waals surface area (Å²) in [6.07, 6.45) is 3.56. The maximum atomic E-state index is 4.78. The van der Waals surface area contributed by atoms with Crippen LogP contribution in [0.4, 0.5) is 0 Å². The van der Waals surface area contributed by atoms with Crippen LogP contribution in [-0.2, 0) is 0 Å². The Morgan fingerprint density at radius 1 is 0.333 bits per heavy atom. The molecule has 0 aliphatic carbocycles. The number of hydrogen-bond acceptors (Lipinski definition) is 4. The largest absolute Gasteiger partial charge is 0.255 e. The van der Waals surface area contributed by atoms with Gasteiger partial charge in [-0.3, -0.25) is 9.97 Å². The van der Waals surface area contributed by atoms with Crippen molar-refractivity contribution in [2.45, 2.75) is 0 Å². The van der Waals surface area contributed by atoms with Gasteiger partial charge < -0.3 is 0 Å². The SMILES string of the molecule is c1ccc(-c2cccc(-c3ccc(-c4cccc(-c5ccccn5)n4)cc3)n2)nc1. The Morgan fingerprint density at radius 2 is 0.733 bits per heavy atom. The van der Waals surface area contributed by atoms with Crippen LogP contribution in [0.2, 0.25) is 0 Å². The molecule has 0 saturated carbocycles. The first kappa shape index (κ1) is 17.9. The molecule has 0 saturated heterocycles. The molecule has 0 amide bonds. The van der Waals surface area contributed by atoms with E-state index in [9.17, 15) is 0 Å². The second kappa shape index (κ2) is 8.05. The summed E-state index contributed by atoms with van der Waals surface area (Å²) in [5, 5.41) is 0. The third-order valence-electron chi connectivity index (χ3n) is 4.83. The number of rotatable bonds is 4. The van der Waals surface area contributed by atoms with Gasteiger partial charge in [0.1, 0.15) is 0 Å². The third-order valence-corrected chi connectivity index (χ3v) is 4.83. The van der Waals surface area contributed by atoms with Gasteiger partial charge in [-0.1, -0.05) is 48.5 Å². The van der Waals surface area contributed by atoms with Crippen molar-refractivity contribution in [1.29, 1.82) is 0 Å². The van der Waals surface area contributed by atoms with Gasteiger partial charge in [0.15, 0.2) is 0 Å². The van der Waals surface area contributed by atoms with E-state index in [1.807, 2.05) is 72.8 Å². The average molecular weight is 386 g/mol. The van der Waals surface area contributed by atoms with Crippen molar-refractivity contribution in [3.63, 3.8) is 0 Å². The molecule has 4 aromatic heterocycles. The highest BCUT2D eigenvalue weighted by atomic mass is 14.8. The first-order valence-electron chi connectivity index (χ1n) is 9.74. The van der Waals surface area contributed by atoms with Crippen molar-refractivity contribution in [2.75, 3.05) is 0 Å². The zero-order valence-corrected chi connectivity index (χ0v) is 16.2. The van der Waals surface area contributed by atoms with Crippen molar-refractivity contribution in [2.24, 2.45) is 0 Å². The Balaban J connectivity index is 1.44. The van der Waals surface area contributed by atoms with E-state index in [2.05, 4.69) is 34.2 Å². The Bertz CT molecular complexity index is 1170. The van der Waals surface area contributed by atoms with E-state index in [1.165, 1.54) is 0 Å². The number of hydrogen-bond donors (Lipinski definition) is 0. The maximum Gasteiger partial charge on any atom is 0.0893 e. The Hall–Kier alpha value is -4.18. The molecule has 5 aromatic rings. The normalized spacial score (nSPS) is 10.7. The van der Waals surface area contributed by atoms with Crippen LogP contribution >= 0.6 is 0 Å². The number of benzene rings is 1. The topological polar surface area (TPSA) is 51.6 Å². The molecule has 0 atom stereocenters. The van der Waals surface area contributed by atoms with E-state index >= 15 is 0 Å². The summed E-state index contributed by atoms with van der Waals surface area (Å²) in [6, 6.07) is 32.0. The van der Waals surface area contributed by atoms with E-state index in [-0.39, 0.29) is 0 Å². The fourth-order valence-electron chi connectivity index (χ4n) is 3.32. The highest BCUT2D eigenvalue weighted by molar-refractivity contribution is 5.70. The minimum absolute atomic E-state index is 0.863. The van der Waals surface area contributed by atoms with Gasteiger partial charge in [0, 0.05) is 23.5 Å². The molecule has 0 aliphatic rings. The van der Waals surface area contributed by atoms with Gasteiger partial charge >= 0.3 is 0 Å². The van der Waals surface area contributed by atoms with Crippen LogP contribution in [-0.4, -0.2) is 19.9 Å². The average Bonchev–Trinajstić information content (AvgIpc) is 2.85. The van der Waals surface area contributed by atoms with Crippen molar-refractivity contribution < 1.29 is 0 Å². The molecular formula is C26H18N4. The molecule has 0 spiro atoms. The fourth-order valence-corrected chi connectivity index (χ4v) is 3.32. The molecule has 30 heavy (non-hydrogen) atoms. The number of pyridine rings is 4. The minimum atomic E-state index is 0.863. The number of aromatic nitrogens is 4. The lowest BCUT2D eigenvalue weighted by Gasteiger charge is -2.07. The monoisotopic (exact) mass is 386 g/mol. The summed E-state index contributed by atoms with van der Waals surface area (Å²) >= 11 is 0. The smallest absolute Gasteiger partial charge is 0.0893 e. The molecule has 0 N–H and O–H groups in total. The summed E-state index contributed by atoms with van der Waals surface area (Å²) in [4.78, 5) is 18.4. The first-order valence-corrected chi connectivity index (χ1v) is 9.74. The van der Waals surface area contributed by atoms with Crippen LogP contribution in [0, 0.1) is 0 Å². The zero-order chi connectivity index (χ0) is 20.2. The quantitative estimate of drug-likeness (QED) is 0.384. The highest BCUT2D eigenvalue weighted by Gasteiger charge is 2.07. The zero-order valence-electron chi connectivity index (χ0n) is 16.2. The molecule has 0 radical (unpaired) electrons. The van der Waals surface area contributed by atoms with Crippen LogP contribution in [0.25, 0.3) is 45.3 Å². The van der Waals surface area contributed by atoms with Crippen molar-refractivity contribution in [1.82, 2.24) is 19.9 Å².